The third-order valence-corrected chi connectivity index (χ3v) is 5.27. The molecule has 23 heavy (non-hydrogen) atoms. The van der Waals surface area contributed by atoms with Gasteiger partial charge in [-0.15, -0.1) is 0 Å². The van der Waals surface area contributed by atoms with E-state index in [0.717, 1.165) is 31.4 Å². The number of fused-ring (bicyclic) bond motifs is 2. The quantitative estimate of drug-likeness (QED) is 0.596. The van der Waals surface area contributed by atoms with Gasteiger partial charge in [0.05, 0.1) is 11.1 Å². The molecule has 0 amide bonds. The van der Waals surface area contributed by atoms with E-state index in [4.69, 9.17) is 0 Å². The largest absolute Gasteiger partial charge is 0.416 e. The number of hydrogen-bond acceptors (Lipinski definition) is 2. The molecule has 2 unspecified atom stereocenters. The number of carbonyl (C=O) groups excluding carboxylic acids is 1. The van der Waals surface area contributed by atoms with E-state index in [2.05, 4.69) is 4.90 Å². The van der Waals surface area contributed by atoms with Gasteiger partial charge in [-0.05, 0) is 50.9 Å². The van der Waals surface area contributed by atoms with Crippen LogP contribution in [0.1, 0.15) is 48.0 Å². The second-order valence-corrected chi connectivity index (χ2v) is 6.63. The van der Waals surface area contributed by atoms with Gasteiger partial charge in [-0.2, -0.15) is 13.2 Å². The first-order chi connectivity index (χ1) is 10.8. The highest BCUT2D eigenvalue weighted by atomic mass is 19.4. The first-order valence-electron chi connectivity index (χ1n) is 7.90. The van der Waals surface area contributed by atoms with Crippen molar-refractivity contribution < 1.29 is 22.4 Å². The lowest BCUT2D eigenvalue weighted by atomic mass is 9.76. The second kappa shape index (κ2) is 5.89. The van der Waals surface area contributed by atoms with Gasteiger partial charge in [-0.3, -0.25) is 4.79 Å². The Hall–Kier alpha value is -1.43. The van der Waals surface area contributed by atoms with E-state index in [1.165, 1.54) is 0 Å². The van der Waals surface area contributed by atoms with Crippen molar-refractivity contribution >= 4 is 5.78 Å². The number of alkyl halides is 3. The maximum Gasteiger partial charge on any atom is 0.416 e. The zero-order valence-corrected chi connectivity index (χ0v) is 12.9. The van der Waals surface area contributed by atoms with Crippen LogP contribution < -0.4 is 0 Å². The van der Waals surface area contributed by atoms with Crippen molar-refractivity contribution in [3.63, 3.8) is 0 Å². The van der Waals surface area contributed by atoms with Crippen LogP contribution in [0, 0.1) is 11.7 Å². The van der Waals surface area contributed by atoms with Crippen molar-refractivity contribution in [1.82, 2.24) is 4.90 Å². The first kappa shape index (κ1) is 16.4. The number of halogens is 4. The number of rotatable bonds is 2. The summed E-state index contributed by atoms with van der Waals surface area (Å²) in [7, 11) is 2.05. The summed E-state index contributed by atoms with van der Waals surface area (Å²) in [5.74, 6) is -1.73. The molecular weight excluding hydrogens is 310 g/mol. The number of hydrogen-bond donors (Lipinski definition) is 0. The van der Waals surface area contributed by atoms with Crippen molar-refractivity contribution in [2.75, 3.05) is 7.05 Å². The average molecular weight is 329 g/mol. The Balaban J connectivity index is 1.81. The molecule has 2 heterocycles. The molecule has 0 radical (unpaired) electrons. The Kier molecular flexibility index (Phi) is 4.21. The van der Waals surface area contributed by atoms with E-state index in [0.29, 0.717) is 31.0 Å². The van der Waals surface area contributed by atoms with E-state index >= 15 is 0 Å². The Morgan fingerprint density at radius 1 is 1.17 bits per heavy atom. The van der Waals surface area contributed by atoms with Crippen LogP contribution in [0.4, 0.5) is 17.6 Å². The van der Waals surface area contributed by atoms with Gasteiger partial charge in [-0.1, -0.05) is 6.42 Å². The molecule has 2 bridgehead atoms. The molecule has 6 heteroatoms. The van der Waals surface area contributed by atoms with Gasteiger partial charge in [0.25, 0.3) is 0 Å². The number of Topliss-reactive ketones (excluding diaryl/α,β-unsaturated/α-hetero) is 1. The van der Waals surface area contributed by atoms with Crippen LogP contribution >= 0.6 is 0 Å². The summed E-state index contributed by atoms with van der Waals surface area (Å²) < 4.78 is 51.8. The van der Waals surface area contributed by atoms with Crippen molar-refractivity contribution in [1.29, 1.82) is 0 Å². The van der Waals surface area contributed by atoms with Gasteiger partial charge in [0.1, 0.15) is 5.82 Å². The van der Waals surface area contributed by atoms with Crippen LogP contribution in [0.2, 0.25) is 0 Å². The van der Waals surface area contributed by atoms with Crippen molar-refractivity contribution in [2.45, 2.75) is 50.4 Å². The van der Waals surface area contributed by atoms with Crippen LogP contribution in [0.15, 0.2) is 18.2 Å². The molecule has 126 valence electrons. The van der Waals surface area contributed by atoms with Crippen LogP contribution in [-0.2, 0) is 6.18 Å². The van der Waals surface area contributed by atoms with Crippen LogP contribution in [0.5, 0.6) is 0 Å². The highest BCUT2D eigenvalue weighted by molar-refractivity contribution is 5.98. The molecule has 1 aromatic rings. The van der Waals surface area contributed by atoms with Gasteiger partial charge < -0.3 is 4.90 Å². The number of nitrogens with zero attached hydrogens (tertiary/aromatic N) is 1. The van der Waals surface area contributed by atoms with Crippen LogP contribution in [0.25, 0.3) is 0 Å². The number of benzene rings is 1. The Morgan fingerprint density at radius 2 is 1.78 bits per heavy atom. The van der Waals surface area contributed by atoms with Crippen molar-refractivity contribution in [3.05, 3.63) is 35.1 Å². The molecule has 1 aromatic carbocycles. The molecule has 0 spiro atoms. The molecule has 3 rings (SSSR count). The monoisotopic (exact) mass is 329 g/mol. The molecule has 2 saturated heterocycles. The van der Waals surface area contributed by atoms with Gasteiger partial charge >= 0.3 is 6.18 Å². The van der Waals surface area contributed by atoms with E-state index in [1.807, 2.05) is 7.05 Å². The van der Waals surface area contributed by atoms with Crippen molar-refractivity contribution in [3.8, 4) is 0 Å². The zero-order chi connectivity index (χ0) is 16.8. The molecular formula is C17H19F4NO. The molecule has 2 nitrogen and oxygen atoms in total. The molecule has 2 aliphatic rings. The maximum absolute atomic E-state index is 14.0. The Labute approximate surface area is 132 Å². The Morgan fingerprint density at radius 3 is 2.30 bits per heavy atom. The minimum Gasteiger partial charge on any atom is -0.300 e. The number of carbonyl (C=O) groups is 1. The van der Waals surface area contributed by atoms with E-state index < -0.39 is 17.6 Å². The zero-order valence-electron chi connectivity index (χ0n) is 12.9. The molecule has 0 aliphatic carbocycles. The number of piperidine rings is 2. The van der Waals surface area contributed by atoms with E-state index in [1.54, 1.807) is 0 Å². The SMILES string of the molecule is CN1C2CCCC1CC(C(=O)c1ccc(C(F)(F)F)cc1F)C2. The highest BCUT2D eigenvalue weighted by Gasteiger charge is 2.39. The van der Waals surface area contributed by atoms with E-state index in [-0.39, 0.29) is 17.3 Å². The smallest absolute Gasteiger partial charge is 0.300 e. The fraction of sp³-hybridized carbons (Fsp3) is 0.588. The lowest BCUT2D eigenvalue weighted by Crippen LogP contribution is -2.51. The summed E-state index contributed by atoms with van der Waals surface area (Å²) >= 11 is 0. The summed E-state index contributed by atoms with van der Waals surface area (Å²) in [6.45, 7) is 0. The highest BCUT2D eigenvalue weighted by Crippen LogP contribution is 2.38. The first-order valence-corrected chi connectivity index (χ1v) is 7.90. The fourth-order valence-electron chi connectivity index (χ4n) is 3.94. The second-order valence-electron chi connectivity index (χ2n) is 6.63. The summed E-state index contributed by atoms with van der Waals surface area (Å²) in [4.78, 5) is 14.9. The summed E-state index contributed by atoms with van der Waals surface area (Å²) in [5.41, 5.74) is -1.28. The van der Waals surface area contributed by atoms with Gasteiger partial charge in [0.15, 0.2) is 5.78 Å². The normalized spacial score (nSPS) is 28.7. The lowest BCUT2D eigenvalue weighted by Gasteiger charge is -2.46. The van der Waals surface area contributed by atoms with Crippen molar-refractivity contribution in [2.24, 2.45) is 5.92 Å². The van der Waals surface area contributed by atoms with Gasteiger partial charge in [-0.25, -0.2) is 4.39 Å². The molecule has 0 N–H and O–H groups in total. The fourth-order valence-corrected chi connectivity index (χ4v) is 3.94. The standard InChI is InChI=1S/C17H19F4NO/c1-22-12-3-2-4-13(22)8-10(7-12)16(23)14-6-5-11(9-15(14)18)17(19,20)21/h5-6,9-10,12-13H,2-4,7-8H2,1H3. The predicted molar refractivity (Wildman–Crippen MR) is 77.6 cm³/mol. The third-order valence-electron chi connectivity index (χ3n) is 5.27. The molecule has 0 saturated carbocycles. The molecule has 2 atom stereocenters. The summed E-state index contributed by atoms with van der Waals surface area (Å²) in [6, 6.07) is 2.81. The van der Waals surface area contributed by atoms with Crippen LogP contribution in [0.3, 0.4) is 0 Å². The summed E-state index contributed by atoms with van der Waals surface area (Å²) in [5, 5.41) is 0. The average Bonchev–Trinajstić information content (AvgIpc) is 2.45. The molecule has 0 aromatic heterocycles. The lowest BCUT2D eigenvalue weighted by molar-refractivity contribution is -0.137. The number of ketones is 1. The third kappa shape index (κ3) is 3.13. The summed E-state index contributed by atoms with van der Waals surface area (Å²) in [6.07, 6.45) is -0.112. The van der Waals surface area contributed by atoms with Crippen LogP contribution in [-0.4, -0.2) is 29.8 Å². The minimum absolute atomic E-state index is 0.217. The van der Waals surface area contributed by atoms with Gasteiger partial charge in [0.2, 0.25) is 0 Å². The van der Waals surface area contributed by atoms with Gasteiger partial charge in [0, 0.05) is 18.0 Å². The molecule has 2 aliphatic heterocycles. The molecule has 2 fully saturated rings. The van der Waals surface area contributed by atoms with E-state index in [9.17, 15) is 22.4 Å². The minimum atomic E-state index is -4.60. The topological polar surface area (TPSA) is 20.3 Å². The predicted octanol–water partition coefficient (Wildman–Crippen LogP) is 4.29. The maximum atomic E-state index is 14.0. The Bertz CT molecular complexity index is 599.